The largest absolute Gasteiger partial charge is 0.459 e. The van der Waals surface area contributed by atoms with Gasteiger partial charge in [0, 0.05) is 17.6 Å². The fraction of sp³-hybridized carbons (Fsp3) is 0.143. The first-order valence-electron chi connectivity index (χ1n) is 9.15. The van der Waals surface area contributed by atoms with Crippen molar-refractivity contribution in [2.45, 2.75) is 11.7 Å². The van der Waals surface area contributed by atoms with Crippen LogP contribution in [0.25, 0.3) is 17.0 Å². The first-order chi connectivity index (χ1) is 14.6. The summed E-state index contributed by atoms with van der Waals surface area (Å²) in [5.41, 5.74) is 1.78. The second-order valence-corrected chi connectivity index (χ2v) is 7.90. The Balaban J connectivity index is 1.35. The zero-order chi connectivity index (χ0) is 20.9. The van der Waals surface area contributed by atoms with Crippen LogP contribution in [0.15, 0.2) is 76.3 Å². The number of furan rings is 1. The molecule has 0 aliphatic heterocycles. The number of hydrogen-bond acceptors (Lipinski definition) is 6. The van der Waals surface area contributed by atoms with Crippen molar-refractivity contribution in [1.29, 1.82) is 0 Å². The summed E-state index contributed by atoms with van der Waals surface area (Å²) in [7, 11) is 1.74. The number of amides is 1. The number of rotatable bonds is 7. The minimum atomic E-state index is -0.0490. The predicted molar refractivity (Wildman–Crippen MR) is 116 cm³/mol. The molecule has 0 aliphatic carbocycles. The molecule has 9 heteroatoms. The van der Waals surface area contributed by atoms with Crippen LogP contribution in [0, 0.1) is 0 Å². The average molecular weight is 440 g/mol. The molecule has 0 spiro atoms. The van der Waals surface area contributed by atoms with Crippen LogP contribution in [-0.4, -0.2) is 43.8 Å². The van der Waals surface area contributed by atoms with Gasteiger partial charge in [0.1, 0.15) is 11.5 Å². The molecule has 0 aliphatic rings. The summed E-state index contributed by atoms with van der Waals surface area (Å²) in [5.74, 6) is 1.61. The molecule has 1 amide bonds. The predicted octanol–water partition coefficient (Wildman–Crippen LogP) is 4.33. The van der Waals surface area contributed by atoms with Crippen molar-refractivity contribution in [3.8, 4) is 17.0 Å². The zero-order valence-electron chi connectivity index (χ0n) is 16.1. The number of hydrogen-bond donors (Lipinski definition) is 0. The molecule has 152 valence electrons. The number of carbonyl (C=O) groups excluding carboxylic acids is 1. The molecular formula is C21H18ClN5O2S. The Kier molecular flexibility index (Phi) is 6.15. The maximum atomic E-state index is 12.6. The summed E-state index contributed by atoms with van der Waals surface area (Å²) < 4.78 is 7.49. The molecular weight excluding hydrogens is 422 g/mol. The van der Waals surface area contributed by atoms with E-state index >= 15 is 0 Å². The highest BCUT2D eigenvalue weighted by atomic mass is 35.5. The Morgan fingerprint density at radius 1 is 1.10 bits per heavy atom. The summed E-state index contributed by atoms with van der Waals surface area (Å²) in [4.78, 5) is 14.2. The molecule has 2 heterocycles. The molecule has 7 nitrogen and oxygen atoms in total. The smallest absolute Gasteiger partial charge is 0.233 e. The van der Waals surface area contributed by atoms with Crippen molar-refractivity contribution >= 4 is 29.3 Å². The fourth-order valence-corrected chi connectivity index (χ4v) is 3.75. The molecule has 0 N–H and O–H groups in total. The lowest BCUT2D eigenvalue weighted by Gasteiger charge is -2.15. The van der Waals surface area contributed by atoms with Crippen molar-refractivity contribution in [3.05, 3.63) is 77.5 Å². The molecule has 0 unspecified atom stereocenters. The molecule has 4 aromatic rings. The van der Waals surface area contributed by atoms with Gasteiger partial charge in [0.05, 0.1) is 18.0 Å². The Labute approximate surface area is 182 Å². The summed E-state index contributed by atoms with van der Waals surface area (Å²) in [6.45, 7) is 0.372. The van der Waals surface area contributed by atoms with E-state index in [0.717, 1.165) is 17.0 Å². The maximum absolute atomic E-state index is 12.6. The standard InChI is InChI=1S/C21H18ClN5O2S/c1-26(13-18-11-12-19(29-18)15-7-9-16(22)10-8-15)20(28)14-30-21-23-24-25-27(21)17-5-3-2-4-6-17/h2-12H,13-14H2,1H3. The van der Waals surface area contributed by atoms with Gasteiger partial charge >= 0.3 is 0 Å². The van der Waals surface area contributed by atoms with Gasteiger partial charge in [-0.25, -0.2) is 0 Å². The van der Waals surface area contributed by atoms with E-state index < -0.39 is 0 Å². The van der Waals surface area contributed by atoms with E-state index in [0.29, 0.717) is 22.5 Å². The van der Waals surface area contributed by atoms with Gasteiger partial charge in [-0.15, -0.1) is 5.10 Å². The Hall–Kier alpha value is -3.10. The van der Waals surface area contributed by atoms with Crippen molar-refractivity contribution < 1.29 is 9.21 Å². The SMILES string of the molecule is CN(Cc1ccc(-c2ccc(Cl)cc2)o1)C(=O)CSc1nnnn1-c1ccccc1. The first kappa shape index (κ1) is 20.2. The highest BCUT2D eigenvalue weighted by Gasteiger charge is 2.16. The minimum Gasteiger partial charge on any atom is -0.459 e. The fourth-order valence-electron chi connectivity index (χ4n) is 2.79. The molecule has 30 heavy (non-hydrogen) atoms. The van der Waals surface area contributed by atoms with Crippen LogP contribution in [0.3, 0.4) is 0 Å². The van der Waals surface area contributed by atoms with Crippen molar-refractivity contribution in [2.24, 2.45) is 0 Å². The van der Waals surface area contributed by atoms with E-state index in [4.69, 9.17) is 16.0 Å². The number of thioether (sulfide) groups is 1. The average Bonchev–Trinajstić information content (AvgIpc) is 3.43. The molecule has 0 bridgehead atoms. The Morgan fingerprint density at radius 2 is 1.87 bits per heavy atom. The molecule has 0 saturated carbocycles. The van der Waals surface area contributed by atoms with Gasteiger partial charge in [0.15, 0.2) is 0 Å². The van der Waals surface area contributed by atoms with E-state index in [9.17, 15) is 4.79 Å². The van der Waals surface area contributed by atoms with Gasteiger partial charge in [0.25, 0.3) is 0 Å². The van der Waals surface area contributed by atoms with Crippen molar-refractivity contribution in [3.63, 3.8) is 0 Å². The molecule has 0 radical (unpaired) electrons. The monoisotopic (exact) mass is 439 g/mol. The second-order valence-electron chi connectivity index (χ2n) is 6.52. The van der Waals surface area contributed by atoms with E-state index in [2.05, 4.69) is 15.5 Å². The second kappa shape index (κ2) is 9.15. The molecule has 0 fully saturated rings. The highest BCUT2D eigenvalue weighted by Crippen LogP contribution is 2.24. The Bertz CT molecular complexity index is 1130. The topological polar surface area (TPSA) is 77.1 Å². The van der Waals surface area contributed by atoms with Gasteiger partial charge in [0.2, 0.25) is 11.1 Å². The van der Waals surface area contributed by atoms with Crippen LogP contribution >= 0.6 is 23.4 Å². The van der Waals surface area contributed by atoms with Gasteiger partial charge in [-0.1, -0.05) is 41.6 Å². The third kappa shape index (κ3) is 4.72. The third-order valence-electron chi connectivity index (χ3n) is 4.38. The number of aromatic nitrogens is 4. The van der Waals surface area contributed by atoms with E-state index in [-0.39, 0.29) is 11.7 Å². The minimum absolute atomic E-state index is 0.0490. The van der Waals surface area contributed by atoms with Gasteiger partial charge in [-0.2, -0.15) is 4.68 Å². The zero-order valence-corrected chi connectivity index (χ0v) is 17.7. The molecule has 2 aromatic heterocycles. The van der Waals surface area contributed by atoms with Crippen LogP contribution in [0.2, 0.25) is 5.02 Å². The number of halogens is 1. The lowest BCUT2D eigenvalue weighted by Crippen LogP contribution is -2.27. The molecule has 2 aromatic carbocycles. The molecule has 4 rings (SSSR count). The van der Waals surface area contributed by atoms with Gasteiger partial charge in [-0.3, -0.25) is 4.79 Å². The van der Waals surface area contributed by atoms with E-state index in [1.807, 2.05) is 66.7 Å². The number of benzene rings is 2. The number of carbonyl (C=O) groups is 1. The normalized spacial score (nSPS) is 10.9. The Morgan fingerprint density at radius 3 is 2.63 bits per heavy atom. The van der Waals surface area contributed by atoms with E-state index in [1.165, 1.54) is 11.8 Å². The van der Waals surface area contributed by atoms with Crippen molar-refractivity contribution in [2.75, 3.05) is 12.8 Å². The van der Waals surface area contributed by atoms with E-state index in [1.54, 1.807) is 16.6 Å². The van der Waals surface area contributed by atoms with Gasteiger partial charge in [-0.05, 0) is 59.0 Å². The highest BCUT2D eigenvalue weighted by molar-refractivity contribution is 7.99. The summed E-state index contributed by atoms with van der Waals surface area (Å²) >= 11 is 7.22. The van der Waals surface area contributed by atoms with Crippen LogP contribution in [-0.2, 0) is 11.3 Å². The maximum Gasteiger partial charge on any atom is 0.233 e. The van der Waals surface area contributed by atoms with Crippen LogP contribution in [0.5, 0.6) is 0 Å². The molecule has 0 saturated heterocycles. The quantitative estimate of drug-likeness (QED) is 0.399. The molecule has 0 atom stereocenters. The summed E-state index contributed by atoms with van der Waals surface area (Å²) in [6, 6.07) is 20.7. The number of tetrazole rings is 1. The van der Waals surface area contributed by atoms with Crippen LogP contribution < -0.4 is 0 Å². The summed E-state index contributed by atoms with van der Waals surface area (Å²) in [6.07, 6.45) is 0. The first-order valence-corrected chi connectivity index (χ1v) is 10.5. The van der Waals surface area contributed by atoms with Gasteiger partial charge < -0.3 is 9.32 Å². The number of para-hydroxylation sites is 1. The van der Waals surface area contributed by atoms with Crippen LogP contribution in [0.1, 0.15) is 5.76 Å². The lowest BCUT2D eigenvalue weighted by molar-refractivity contribution is -0.127. The van der Waals surface area contributed by atoms with Crippen molar-refractivity contribution in [1.82, 2.24) is 25.1 Å². The third-order valence-corrected chi connectivity index (χ3v) is 5.53. The summed E-state index contributed by atoms with van der Waals surface area (Å²) in [5, 5.41) is 13.0. The van der Waals surface area contributed by atoms with Crippen LogP contribution in [0.4, 0.5) is 0 Å². The lowest BCUT2D eigenvalue weighted by atomic mass is 10.2. The number of nitrogens with zero attached hydrogens (tertiary/aromatic N) is 5.